The maximum absolute atomic E-state index is 13.3. The van der Waals surface area contributed by atoms with E-state index in [1.807, 2.05) is 24.3 Å². The number of carbonyl (C=O) groups excluding carboxylic acids is 2. The number of hydrogen-bond acceptors (Lipinski definition) is 6. The van der Waals surface area contributed by atoms with Gasteiger partial charge in [0.25, 0.3) is 15.9 Å². The van der Waals surface area contributed by atoms with E-state index < -0.39 is 34.5 Å². The summed E-state index contributed by atoms with van der Waals surface area (Å²) in [6.07, 6.45) is 0.341. The van der Waals surface area contributed by atoms with Crippen molar-refractivity contribution >= 4 is 50.5 Å². The van der Waals surface area contributed by atoms with Crippen LogP contribution in [0.25, 0.3) is 0 Å². The highest BCUT2D eigenvalue weighted by molar-refractivity contribution is 7.91. The number of amides is 1. The van der Waals surface area contributed by atoms with Crippen molar-refractivity contribution in [1.82, 2.24) is 4.31 Å². The van der Waals surface area contributed by atoms with Gasteiger partial charge in [-0.25, -0.2) is 8.42 Å². The van der Waals surface area contributed by atoms with Crippen LogP contribution in [-0.4, -0.2) is 37.8 Å². The molecule has 0 aliphatic carbocycles. The molecule has 4 rings (SSSR count). The van der Waals surface area contributed by atoms with Crippen LogP contribution in [-0.2, 0) is 30.8 Å². The van der Waals surface area contributed by atoms with Crippen molar-refractivity contribution in [2.75, 3.05) is 18.5 Å². The van der Waals surface area contributed by atoms with E-state index in [1.165, 1.54) is 4.31 Å². The number of halogens is 1. The maximum Gasteiger partial charge on any atom is 0.308 e. The molecule has 1 amide bonds. The lowest BCUT2D eigenvalue weighted by Gasteiger charge is -2.35. The molecule has 0 bridgehead atoms. The Morgan fingerprint density at radius 1 is 1.09 bits per heavy atom. The molecule has 33 heavy (non-hydrogen) atoms. The standard InChI is InChI=1S/C23H21ClN2O5S2/c24-18-8-3-4-9-19(18)25-21(27)15-31-22(28)14-20-17-7-2-1-6-16(17)11-12-26(20)33(29,30)23-10-5-13-32-23/h1-10,13,20H,11-12,14-15H2,(H,25,27). The molecular weight excluding hydrogens is 484 g/mol. The average molecular weight is 505 g/mol. The predicted molar refractivity (Wildman–Crippen MR) is 127 cm³/mol. The van der Waals surface area contributed by atoms with Gasteiger partial charge in [0, 0.05) is 6.54 Å². The number of benzene rings is 2. The van der Waals surface area contributed by atoms with Gasteiger partial charge in [-0.15, -0.1) is 11.3 Å². The Balaban J connectivity index is 1.48. The van der Waals surface area contributed by atoms with Crippen molar-refractivity contribution in [1.29, 1.82) is 0 Å². The second-order valence-corrected chi connectivity index (χ2v) is 10.9. The van der Waals surface area contributed by atoms with E-state index in [9.17, 15) is 18.0 Å². The first-order chi connectivity index (χ1) is 15.9. The van der Waals surface area contributed by atoms with E-state index in [2.05, 4.69) is 5.32 Å². The van der Waals surface area contributed by atoms with Gasteiger partial charge in [-0.1, -0.05) is 54.1 Å². The van der Waals surface area contributed by atoms with Gasteiger partial charge >= 0.3 is 5.97 Å². The second-order valence-electron chi connectivity index (χ2n) is 7.41. The van der Waals surface area contributed by atoms with E-state index in [0.29, 0.717) is 17.1 Å². The summed E-state index contributed by atoms with van der Waals surface area (Å²) in [4.78, 5) is 24.8. The molecule has 10 heteroatoms. The number of nitrogens with zero attached hydrogens (tertiary/aromatic N) is 1. The highest BCUT2D eigenvalue weighted by atomic mass is 35.5. The fraction of sp³-hybridized carbons (Fsp3) is 0.217. The summed E-state index contributed by atoms with van der Waals surface area (Å²) in [5, 5.41) is 4.65. The van der Waals surface area contributed by atoms with Crippen LogP contribution >= 0.6 is 22.9 Å². The lowest BCUT2D eigenvalue weighted by molar-refractivity contribution is -0.148. The molecule has 172 valence electrons. The molecule has 0 spiro atoms. The van der Waals surface area contributed by atoms with Crippen LogP contribution in [0, 0.1) is 0 Å². The minimum Gasteiger partial charge on any atom is -0.456 e. The first-order valence-electron chi connectivity index (χ1n) is 10.2. The van der Waals surface area contributed by atoms with Crippen molar-refractivity contribution in [3.05, 3.63) is 82.2 Å². The molecule has 1 aliphatic rings. The fourth-order valence-corrected chi connectivity index (χ4v) is 6.67. The molecule has 1 unspecified atom stereocenters. The quantitative estimate of drug-likeness (QED) is 0.485. The zero-order valence-electron chi connectivity index (χ0n) is 17.4. The van der Waals surface area contributed by atoms with Gasteiger partial charge in [0.1, 0.15) is 4.21 Å². The largest absolute Gasteiger partial charge is 0.456 e. The number of nitrogens with one attached hydrogen (secondary N) is 1. The third-order valence-corrected chi connectivity index (χ3v) is 8.90. The van der Waals surface area contributed by atoms with Crippen molar-refractivity contribution in [3.63, 3.8) is 0 Å². The third kappa shape index (κ3) is 5.27. The highest BCUT2D eigenvalue weighted by Gasteiger charge is 2.38. The molecule has 2 heterocycles. The molecular formula is C23H21ClN2O5S2. The van der Waals surface area contributed by atoms with Crippen molar-refractivity contribution < 1.29 is 22.7 Å². The van der Waals surface area contributed by atoms with Crippen LogP contribution in [0.4, 0.5) is 5.69 Å². The molecule has 0 saturated carbocycles. The van der Waals surface area contributed by atoms with Gasteiger partial charge in [0.15, 0.2) is 6.61 Å². The van der Waals surface area contributed by atoms with Crippen molar-refractivity contribution in [2.24, 2.45) is 0 Å². The molecule has 0 saturated heterocycles. The number of esters is 1. The summed E-state index contributed by atoms with van der Waals surface area (Å²) < 4.78 is 33.3. The second kappa shape index (κ2) is 10.0. The Morgan fingerprint density at radius 2 is 1.85 bits per heavy atom. The molecule has 3 aromatic rings. The predicted octanol–water partition coefficient (Wildman–Crippen LogP) is 4.26. The van der Waals surface area contributed by atoms with Gasteiger partial charge in [0.2, 0.25) is 0 Å². The van der Waals surface area contributed by atoms with Crippen LogP contribution in [0.2, 0.25) is 5.02 Å². The van der Waals surface area contributed by atoms with E-state index in [1.54, 1.807) is 41.8 Å². The fourth-order valence-electron chi connectivity index (χ4n) is 3.77. The zero-order valence-corrected chi connectivity index (χ0v) is 19.8. The summed E-state index contributed by atoms with van der Waals surface area (Å²) >= 11 is 7.16. The number of fused-ring (bicyclic) bond motifs is 1. The number of para-hydroxylation sites is 1. The number of hydrogen-bond donors (Lipinski definition) is 1. The number of ether oxygens (including phenoxy) is 1. The molecule has 1 N–H and O–H groups in total. The van der Waals surface area contributed by atoms with Crippen LogP contribution in [0.3, 0.4) is 0 Å². The van der Waals surface area contributed by atoms with Gasteiger partial charge in [-0.2, -0.15) is 4.31 Å². The van der Waals surface area contributed by atoms with Crippen molar-refractivity contribution in [3.8, 4) is 0 Å². The van der Waals surface area contributed by atoms with Gasteiger partial charge in [0.05, 0.1) is 23.2 Å². The Bertz CT molecular complexity index is 1260. The van der Waals surface area contributed by atoms with E-state index >= 15 is 0 Å². The summed E-state index contributed by atoms with van der Waals surface area (Å²) in [7, 11) is -3.78. The van der Waals surface area contributed by atoms with Crippen molar-refractivity contribution in [2.45, 2.75) is 23.1 Å². The van der Waals surface area contributed by atoms with Crippen LogP contribution in [0.15, 0.2) is 70.3 Å². The van der Waals surface area contributed by atoms with Gasteiger partial charge < -0.3 is 10.1 Å². The van der Waals surface area contributed by atoms with Gasteiger partial charge in [-0.05, 0) is 41.1 Å². The molecule has 1 aliphatic heterocycles. The Kier molecular flexibility index (Phi) is 7.14. The summed E-state index contributed by atoms with van der Waals surface area (Å²) in [5.74, 6) is -1.21. The summed E-state index contributed by atoms with van der Waals surface area (Å²) in [6.45, 7) is -0.252. The normalized spacial score (nSPS) is 16.1. The molecule has 0 fully saturated rings. The number of carbonyl (C=O) groups is 2. The first-order valence-corrected chi connectivity index (χ1v) is 12.9. The Labute approximate surface area is 201 Å². The molecule has 1 atom stereocenters. The van der Waals surface area contributed by atoms with Crippen LogP contribution in [0.1, 0.15) is 23.6 Å². The van der Waals surface area contributed by atoms with Crippen LogP contribution < -0.4 is 5.32 Å². The Hall–Kier alpha value is -2.72. The van der Waals surface area contributed by atoms with Gasteiger partial charge in [-0.3, -0.25) is 9.59 Å². The Morgan fingerprint density at radius 3 is 2.61 bits per heavy atom. The smallest absolute Gasteiger partial charge is 0.308 e. The third-order valence-electron chi connectivity index (χ3n) is 5.29. The lowest BCUT2D eigenvalue weighted by Crippen LogP contribution is -2.41. The minimum atomic E-state index is -3.78. The number of rotatable bonds is 7. The summed E-state index contributed by atoms with van der Waals surface area (Å²) in [6, 6.07) is 16.7. The topological polar surface area (TPSA) is 92.8 Å². The number of anilines is 1. The van der Waals surface area contributed by atoms with E-state index in [0.717, 1.165) is 22.5 Å². The first kappa shape index (κ1) is 23.4. The molecule has 1 aromatic heterocycles. The maximum atomic E-state index is 13.3. The lowest BCUT2D eigenvalue weighted by atomic mass is 9.92. The number of sulfonamides is 1. The van der Waals surface area contributed by atoms with E-state index in [-0.39, 0.29) is 17.2 Å². The molecule has 7 nitrogen and oxygen atoms in total. The summed E-state index contributed by atoms with van der Waals surface area (Å²) in [5.41, 5.74) is 2.17. The molecule has 2 aromatic carbocycles. The highest BCUT2D eigenvalue weighted by Crippen LogP contribution is 2.37. The zero-order chi connectivity index (χ0) is 23.4. The monoisotopic (exact) mass is 504 g/mol. The minimum absolute atomic E-state index is 0.207. The average Bonchev–Trinajstić information content (AvgIpc) is 3.35. The SMILES string of the molecule is O=C(COC(=O)CC1c2ccccc2CCN1S(=O)(=O)c1cccs1)Nc1ccccc1Cl. The number of thiophene rings is 1. The van der Waals surface area contributed by atoms with Crippen LogP contribution in [0.5, 0.6) is 0 Å². The molecule has 0 radical (unpaired) electrons. The van der Waals surface area contributed by atoms with E-state index in [4.69, 9.17) is 16.3 Å².